The van der Waals surface area contributed by atoms with E-state index < -0.39 is 0 Å². The summed E-state index contributed by atoms with van der Waals surface area (Å²) in [6.45, 7) is 3.53. The van der Waals surface area contributed by atoms with Gasteiger partial charge < -0.3 is 4.90 Å². The van der Waals surface area contributed by atoms with Crippen LogP contribution in [-0.4, -0.2) is 33.9 Å². The Kier molecular flexibility index (Phi) is 5.91. The molecule has 4 nitrogen and oxygen atoms in total. The van der Waals surface area contributed by atoms with Crippen molar-refractivity contribution in [1.82, 2.24) is 14.9 Å². The minimum atomic E-state index is 0.0182. The van der Waals surface area contributed by atoms with E-state index in [0.717, 1.165) is 48.8 Å². The zero-order chi connectivity index (χ0) is 20.2. The van der Waals surface area contributed by atoms with Crippen LogP contribution in [0, 0.1) is 6.92 Å². The van der Waals surface area contributed by atoms with Crippen molar-refractivity contribution in [2.75, 3.05) is 13.1 Å². The Morgan fingerprint density at radius 1 is 1.07 bits per heavy atom. The molecule has 0 N–H and O–H groups in total. The Labute approximate surface area is 176 Å². The minimum absolute atomic E-state index is 0.0182. The van der Waals surface area contributed by atoms with Crippen molar-refractivity contribution in [2.24, 2.45) is 0 Å². The van der Waals surface area contributed by atoms with Gasteiger partial charge in [0.2, 0.25) is 0 Å². The monoisotopic (exact) mass is 405 g/mol. The van der Waals surface area contributed by atoms with Gasteiger partial charge in [0.1, 0.15) is 5.69 Å². The zero-order valence-corrected chi connectivity index (χ0v) is 17.3. The highest BCUT2D eigenvalue weighted by atomic mass is 35.5. The lowest BCUT2D eigenvalue weighted by Gasteiger charge is -2.31. The molecule has 0 radical (unpaired) electrons. The van der Waals surface area contributed by atoms with Crippen LogP contribution >= 0.6 is 11.6 Å². The first-order valence-corrected chi connectivity index (χ1v) is 10.4. The topological polar surface area (TPSA) is 46.1 Å². The number of piperidine rings is 1. The Morgan fingerprint density at radius 3 is 2.52 bits per heavy atom. The van der Waals surface area contributed by atoms with E-state index in [1.54, 1.807) is 12.3 Å². The second-order valence-corrected chi connectivity index (χ2v) is 8.06. The van der Waals surface area contributed by atoms with Crippen LogP contribution in [0.1, 0.15) is 51.8 Å². The molecule has 29 heavy (non-hydrogen) atoms. The molecule has 148 valence electrons. The summed E-state index contributed by atoms with van der Waals surface area (Å²) in [6, 6.07) is 17.8. The van der Waals surface area contributed by atoms with E-state index in [1.165, 1.54) is 11.1 Å². The lowest BCUT2D eigenvalue weighted by atomic mass is 9.91. The van der Waals surface area contributed by atoms with Crippen molar-refractivity contribution in [3.05, 3.63) is 94.0 Å². The van der Waals surface area contributed by atoms with E-state index >= 15 is 0 Å². The SMILES string of the molecule is Cc1cc(Cc2ccc(Cl)cc2)cc(C2CCN(C(=O)c3ccccn3)CC2)n1. The molecular formula is C24H24ClN3O. The smallest absolute Gasteiger partial charge is 0.272 e. The first-order valence-electron chi connectivity index (χ1n) is 10.0. The van der Waals surface area contributed by atoms with Crippen LogP contribution in [0.2, 0.25) is 5.02 Å². The van der Waals surface area contributed by atoms with Crippen molar-refractivity contribution in [1.29, 1.82) is 0 Å². The summed E-state index contributed by atoms with van der Waals surface area (Å²) in [4.78, 5) is 23.5. The van der Waals surface area contributed by atoms with Gasteiger partial charge in [-0.2, -0.15) is 0 Å². The molecule has 0 atom stereocenters. The Balaban J connectivity index is 1.43. The molecule has 1 amide bonds. The highest BCUT2D eigenvalue weighted by molar-refractivity contribution is 6.30. The number of pyridine rings is 2. The first-order chi connectivity index (χ1) is 14.1. The standard InChI is InChI=1S/C24H24ClN3O/c1-17-14-19(15-18-5-7-21(25)8-6-18)16-23(27-17)20-9-12-28(13-10-20)24(29)22-4-2-3-11-26-22/h2-8,11,14,16,20H,9-10,12-13,15H2,1H3. The molecule has 0 unspecified atom stereocenters. The van der Waals surface area contributed by atoms with Gasteiger partial charge in [-0.1, -0.05) is 29.8 Å². The van der Waals surface area contributed by atoms with Crippen molar-refractivity contribution in [3.8, 4) is 0 Å². The molecule has 1 fully saturated rings. The predicted octanol–water partition coefficient (Wildman–Crippen LogP) is 5.05. The Hall–Kier alpha value is -2.72. The van der Waals surface area contributed by atoms with Gasteiger partial charge in [-0.3, -0.25) is 14.8 Å². The van der Waals surface area contributed by atoms with Crippen molar-refractivity contribution < 1.29 is 4.79 Å². The highest BCUT2D eigenvalue weighted by Gasteiger charge is 2.26. The number of amides is 1. The van der Waals surface area contributed by atoms with Gasteiger partial charge in [-0.15, -0.1) is 0 Å². The van der Waals surface area contributed by atoms with Gasteiger partial charge in [0.15, 0.2) is 0 Å². The van der Waals surface area contributed by atoms with Crippen LogP contribution in [0.15, 0.2) is 60.8 Å². The van der Waals surface area contributed by atoms with Gasteiger partial charge in [-0.25, -0.2) is 0 Å². The number of carbonyl (C=O) groups is 1. The number of aromatic nitrogens is 2. The quantitative estimate of drug-likeness (QED) is 0.610. The number of benzene rings is 1. The van der Waals surface area contributed by atoms with Crippen LogP contribution in [0.25, 0.3) is 0 Å². The maximum absolute atomic E-state index is 12.6. The van der Waals surface area contributed by atoms with Crippen LogP contribution in [0.5, 0.6) is 0 Å². The van der Waals surface area contributed by atoms with Crippen molar-refractivity contribution >= 4 is 17.5 Å². The molecule has 0 aliphatic carbocycles. The van der Waals surface area contributed by atoms with Gasteiger partial charge in [0.05, 0.1) is 0 Å². The molecule has 1 aliphatic heterocycles. The molecule has 0 saturated carbocycles. The largest absolute Gasteiger partial charge is 0.337 e. The summed E-state index contributed by atoms with van der Waals surface area (Å²) >= 11 is 6.00. The number of carbonyl (C=O) groups excluding carboxylic acids is 1. The van der Waals surface area contributed by atoms with Crippen molar-refractivity contribution in [3.63, 3.8) is 0 Å². The number of halogens is 1. The number of rotatable bonds is 4. The third-order valence-electron chi connectivity index (χ3n) is 5.44. The fourth-order valence-corrected chi connectivity index (χ4v) is 4.07. The van der Waals surface area contributed by atoms with Gasteiger partial charge >= 0.3 is 0 Å². The Morgan fingerprint density at radius 2 is 1.83 bits per heavy atom. The van der Waals surface area contributed by atoms with E-state index in [9.17, 15) is 4.79 Å². The van der Waals surface area contributed by atoms with Crippen LogP contribution < -0.4 is 0 Å². The van der Waals surface area contributed by atoms with E-state index in [2.05, 4.69) is 36.2 Å². The fraction of sp³-hybridized carbons (Fsp3) is 0.292. The number of hydrogen-bond donors (Lipinski definition) is 0. The normalized spacial score (nSPS) is 14.8. The summed E-state index contributed by atoms with van der Waals surface area (Å²) < 4.78 is 0. The number of nitrogens with zero attached hydrogens (tertiary/aromatic N) is 3. The van der Waals surface area contributed by atoms with Crippen LogP contribution in [0.3, 0.4) is 0 Å². The lowest BCUT2D eigenvalue weighted by Crippen LogP contribution is -2.38. The third-order valence-corrected chi connectivity index (χ3v) is 5.69. The molecule has 5 heteroatoms. The summed E-state index contributed by atoms with van der Waals surface area (Å²) in [5.74, 6) is 0.399. The second-order valence-electron chi connectivity index (χ2n) is 7.63. The first kappa shape index (κ1) is 19.6. The maximum atomic E-state index is 12.6. The summed E-state index contributed by atoms with van der Waals surface area (Å²) in [5, 5.41) is 0.757. The van der Waals surface area contributed by atoms with Crippen LogP contribution in [-0.2, 0) is 6.42 Å². The fourth-order valence-electron chi connectivity index (χ4n) is 3.95. The van der Waals surface area contributed by atoms with Gasteiger partial charge in [0, 0.05) is 41.6 Å². The molecule has 3 heterocycles. The van der Waals surface area contributed by atoms with Gasteiger partial charge in [0.25, 0.3) is 5.91 Å². The van der Waals surface area contributed by atoms with Crippen LogP contribution in [0.4, 0.5) is 0 Å². The summed E-state index contributed by atoms with van der Waals surface area (Å²) in [6.07, 6.45) is 4.38. The minimum Gasteiger partial charge on any atom is -0.337 e. The van der Waals surface area contributed by atoms with E-state index in [4.69, 9.17) is 16.6 Å². The molecule has 4 rings (SSSR count). The molecule has 3 aromatic rings. The highest BCUT2D eigenvalue weighted by Crippen LogP contribution is 2.29. The van der Waals surface area contributed by atoms with E-state index in [-0.39, 0.29) is 5.91 Å². The average Bonchev–Trinajstić information content (AvgIpc) is 2.75. The maximum Gasteiger partial charge on any atom is 0.272 e. The molecule has 1 aliphatic rings. The van der Waals surface area contributed by atoms with Crippen molar-refractivity contribution in [2.45, 2.75) is 32.1 Å². The van der Waals surface area contributed by atoms with E-state index in [0.29, 0.717) is 11.6 Å². The molecular weight excluding hydrogens is 382 g/mol. The average molecular weight is 406 g/mol. The molecule has 1 aromatic carbocycles. The Bertz CT molecular complexity index is 981. The lowest BCUT2D eigenvalue weighted by molar-refractivity contribution is 0.0706. The van der Waals surface area contributed by atoms with Gasteiger partial charge in [-0.05, 0) is 73.7 Å². The number of aryl methyl sites for hydroxylation is 1. The second kappa shape index (κ2) is 8.75. The summed E-state index contributed by atoms with van der Waals surface area (Å²) in [5.41, 5.74) is 5.20. The predicted molar refractivity (Wildman–Crippen MR) is 115 cm³/mol. The molecule has 0 spiro atoms. The molecule has 0 bridgehead atoms. The summed E-state index contributed by atoms with van der Waals surface area (Å²) in [7, 11) is 0. The molecule has 2 aromatic heterocycles. The van der Waals surface area contributed by atoms with E-state index in [1.807, 2.05) is 29.2 Å². The zero-order valence-electron chi connectivity index (χ0n) is 16.5. The number of likely N-dealkylation sites (tertiary alicyclic amines) is 1. The molecule has 1 saturated heterocycles. The third kappa shape index (κ3) is 4.83. The number of hydrogen-bond acceptors (Lipinski definition) is 3.